The number of hydrogen-bond acceptors (Lipinski definition) is 3. The van der Waals surface area contributed by atoms with Gasteiger partial charge >= 0.3 is 0 Å². The number of ketones is 1. The zero-order valence-electron chi connectivity index (χ0n) is 11.0. The number of hydrogen-bond donors (Lipinski definition) is 0. The van der Waals surface area contributed by atoms with Gasteiger partial charge in [-0.3, -0.25) is 9.48 Å². The van der Waals surface area contributed by atoms with E-state index in [9.17, 15) is 4.79 Å². The van der Waals surface area contributed by atoms with E-state index >= 15 is 0 Å². The molecule has 0 radical (unpaired) electrons. The SMILES string of the molecule is CCOc1ccc(/C=C/C(=O)c2ccn(C)n2)cc1. The smallest absolute Gasteiger partial charge is 0.206 e. The molecule has 0 unspecified atom stereocenters. The molecule has 0 saturated carbocycles. The Balaban J connectivity index is 2.03. The summed E-state index contributed by atoms with van der Waals surface area (Å²) in [7, 11) is 1.78. The first-order valence-electron chi connectivity index (χ1n) is 6.14. The molecule has 2 rings (SSSR count). The molecule has 0 fully saturated rings. The number of benzene rings is 1. The van der Waals surface area contributed by atoms with Crippen LogP contribution in [0.1, 0.15) is 23.0 Å². The Kier molecular flexibility index (Phi) is 4.13. The summed E-state index contributed by atoms with van der Waals surface area (Å²) < 4.78 is 6.96. The average Bonchev–Trinajstić information content (AvgIpc) is 2.85. The lowest BCUT2D eigenvalue weighted by molar-refractivity contribution is 0.104. The molecule has 1 aromatic carbocycles. The van der Waals surface area contributed by atoms with Crippen LogP contribution in [0.3, 0.4) is 0 Å². The molecule has 0 aliphatic carbocycles. The molecular weight excluding hydrogens is 240 g/mol. The minimum absolute atomic E-state index is 0.102. The second kappa shape index (κ2) is 6.00. The summed E-state index contributed by atoms with van der Waals surface area (Å²) >= 11 is 0. The predicted molar refractivity (Wildman–Crippen MR) is 74.2 cm³/mol. The highest BCUT2D eigenvalue weighted by Gasteiger charge is 2.04. The van der Waals surface area contributed by atoms with Crippen LogP contribution in [0.5, 0.6) is 5.75 Å². The fraction of sp³-hybridized carbons (Fsp3) is 0.200. The van der Waals surface area contributed by atoms with Crippen LogP contribution in [0.4, 0.5) is 0 Å². The van der Waals surface area contributed by atoms with Gasteiger partial charge in [-0.05, 0) is 36.8 Å². The summed E-state index contributed by atoms with van der Waals surface area (Å²) in [4.78, 5) is 11.8. The molecule has 98 valence electrons. The van der Waals surface area contributed by atoms with Crippen molar-refractivity contribution >= 4 is 11.9 Å². The van der Waals surface area contributed by atoms with Crippen LogP contribution in [-0.2, 0) is 7.05 Å². The van der Waals surface area contributed by atoms with Gasteiger partial charge in [0, 0.05) is 13.2 Å². The van der Waals surface area contributed by atoms with Crippen molar-refractivity contribution in [3.05, 3.63) is 53.9 Å². The van der Waals surface area contributed by atoms with E-state index < -0.39 is 0 Å². The van der Waals surface area contributed by atoms with Crippen LogP contribution in [-0.4, -0.2) is 22.2 Å². The molecule has 0 spiro atoms. The number of ether oxygens (including phenoxy) is 1. The summed E-state index contributed by atoms with van der Waals surface area (Å²) in [5.74, 6) is 0.727. The van der Waals surface area contributed by atoms with Crippen molar-refractivity contribution in [1.29, 1.82) is 0 Å². The van der Waals surface area contributed by atoms with Crippen LogP contribution >= 0.6 is 0 Å². The molecule has 0 N–H and O–H groups in total. The first-order valence-corrected chi connectivity index (χ1v) is 6.14. The Bertz CT molecular complexity index is 582. The van der Waals surface area contributed by atoms with Crippen molar-refractivity contribution in [2.75, 3.05) is 6.61 Å². The number of aromatic nitrogens is 2. The predicted octanol–water partition coefficient (Wildman–Crippen LogP) is 2.71. The minimum Gasteiger partial charge on any atom is -0.494 e. The van der Waals surface area contributed by atoms with Crippen LogP contribution in [0, 0.1) is 0 Å². The van der Waals surface area contributed by atoms with Gasteiger partial charge in [0.2, 0.25) is 5.78 Å². The Labute approximate surface area is 112 Å². The third-order valence-electron chi connectivity index (χ3n) is 2.58. The third kappa shape index (κ3) is 3.55. The van der Waals surface area contributed by atoms with Gasteiger partial charge in [0.05, 0.1) is 6.61 Å². The maximum atomic E-state index is 11.8. The highest BCUT2D eigenvalue weighted by molar-refractivity contribution is 6.05. The third-order valence-corrected chi connectivity index (χ3v) is 2.58. The Morgan fingerprint density at radius 1 is 1.32 bits per heavy atom. The lowest BCUT2D eigenvalue weighted by Crippen LogP contribution is -1.97. The maximum absolute atomic E-state index is 11.8. The quantitative estimate of drug-likeness (QED) is 0.610. The van der Waals surface area contributed by atoms with E-state index in [0.717, 1.165) is 11.3 Å². The van der Waals surface area contributed by atoms with E-state index in [1.165, 1.54) is 6.08 Å². The monoisotopic (exact) mass is 256 g/mol. The van der Waals surface area contributed by atoms with Crippen LogP contribution < -0.4 is 4.74 Å². The molecule has 0 bridgehead atoms. The van der Waals surface area contributed by atoms with Crippen LogP contribution in [0.2, 0.25) is 0 Å². The molecule has 0 saturated heterocycles. The standard InChI is InChI=1S/C15H16N2O2/c1-3-19-13-7-4-12(5-8-13)6-9-15(18)14-10-11-17(2)16-14/h4-11H,3H2,1-2H3/b9-6+. The number of aryl methyl sites for hydroxylation is 1. The first-order chi connectivity index (χ1) is 9.19. The highest BCUT2D eigenvalue weighted by atomic mass is 16.5. The number of rotatable bonds is 5. The second-order valence-corrected chi connectivity index (χ2v) is 4.07. The van der Waals surface area contributed by atoms with Crippen LogP contribution in [0.25, 0.3) is 6.08 Å². The summed E-state index contributed by atoms with van der Waals surface area (Å²) in [6.45, 7) is 2.59. The van der Waals surface area contributed by atoms with E-state index in [1.807, 2.05) is 31.2 Å². The number of allylic oxidation sites excluding steroid dienone is 1. The van der Waals surface area contributed by atoms with Crippen molar-refractivity contribution in [2.24, 2.45) is 7.05 Å². The molecule has 0 amide bonds. The highest BCUT2D eigenvalue weighted by Crippen LogP contribution is 2.13. The zero-order chi connectivity index (χ0) is 13.7. The largest absolute Gasteiger partial charge is 0.494 e. The normalized spacial score (nSPS) is 10.8. The molecule has 0 atom stereocenters. The van der Waals surface area contributed by atoms with Crippen molar-refractivity contribution in [1.82, 2.24) is 9.78 Å². The van der Waals surface area contributed by atoms with E-state index in [1.54, 1.807) is 30.1 Å². The Morgan fingerprint density at radius 3 is 2.63 bits per heavy atom. The molecule has 1 aromatic heterocycles. The van der Waals surface area contributed by atoms with Crippen molar-refractivity contribution in [3.63, 3.8) is 0 Å². The number of carbonyl (C=O) groups is 1. The van der Waals surface area contributed by atoms with Crippen LogP contribution in [0.15, 0.2) is 42.6 Å². The fourth-order valence-electron chi connectivity index (χ4n) is 1.65. The van der Waals surface area contributed by atoms with E-state index in [-0.39, 0.29) is 5.78 Å². The van der Waals surface area contributed by atoms with Crippen molar-refractivity contribution in [3.8, 4) is 5.75 Å². The van der Waals surface area contributed by atoms with Gasteiger partial charge in [-0.25, -0.2) is 0 Å². The topological polar surface area (TPSA) is 44.1 Å². The molecule has 1 heterocycles. The van der Waals surface area contributed by atoms with E-state index in [2.05, 4.69) is 5.10 Å². The maximum Gasteiger partial charge on any atom is 0.206 e. The van der Waals surface area contributed by atoms with Gasteiger partial charge in [-0.15, -0.1) is 0 Å². The van der Waals surface area contributed by atoms with E-state index in [4.69, 9.17) is 4.74 Å². The first kappa shape index (κ1) is 13.1. The summed E-state index contributed by atoms with van der Waals surface area (Å²) in [6.07, 6.45) is 5.04. The van der Waals surface area contributed by atoms with Crippen molar-refractivity contribution in [2.45, 2.75) is 6.92 Å². The summed E-state index contributed by atoms with van der Waals surface area (Å²) in [5, 5.41) is 4.06. The molecule has 19 heavy (non-hydrogen) atoms. The number of nitrogens with zero attached hydrogens (tertiary/aromatic N) is 2. The second-order valence-electron chi connectivity index (χ2n) is 4.07. The van der Waals surface area contributed by atoms with Gasteiger partial charge in [-0.1, -0.05) is 18.2 Å². The van der Waals surface area contributed by atoms with Gasteiger partial charge in [0.15, 0.2) is 0 Å². The molecule has 0 aliphatic rings. The average molecular weight is 256 g/mol. The number of carbonyl (C=O) groups excluding carboxylic acids is 1. The van der Waals surface area contributed by atoms with E-state index in [0.29, 0.717) is 12.3 Å². The Morgan fingerprint density at radius 2 is 2.05 bits per heavy atom. The lowest BCUT2D eigenvalue weighted by atomic mass is 10.1. The Hall–Kier alpha value is -2.36. The van der Waals surface area contributed by atoms with Crippen molar-refractivity contribution < 1.29 is 9.53 Å². The molecular formula is C15H16N2O2. The molecule has 4 heteroatoms. The summed E-state index contributed by atoms with van der Waals surface area (Å²) in [5.41, 5.74) is 1.40. The zero-order valence-corrected chi connectivity index (χ0v) is 11.0. The van der Waals surface area contributed by atoms with Gasteiger partial charge < -0.3 is 4.74 Å². The molecule has 0 aliphatic heterocycles. The van der Waals surface area contributed by atoms with Gasteiger partial charge in [0.1, 0.15) is 11.4 Å². The van der Waals surface area contributed by atoms with Gasteiger partial charge in [0.25, 0.3) is 0 Å². The summed E-state index contributed by atoms with van der Waals surface area (Å²) in [6, 6.07) is 9.29. The fourth-order valence-corrected chi connectivity index (χ4v) is 1.65. The molecule has 4 nitrogen and oxygen atoms in total. The lowest BCUT2D eigenvalue weighted by Gasteiger charge is -2.02. The molecule has 2 aromatic rings. The minimum atomic E-state index is -0.102. The van der Waals surface area contributed by atoms with Gasteiger partial charge in [-0.2, -0.15) is 5.10 Å².